The summed E-state index contributed by atoms with van der Waals surface area (Å²) in [6, 6.07) is 6.53. The zero-order valence-electron chi connectivity index (χ0n) is 13.2. The Labute approximate surface area is 126 Å². The van der Waals surface area contributed by atoms with E-state index in [9.17, 15) is 0 Å². The molecule has 2 N–H and O–H groups in total. The molecule has 0 radical (unpaired) electrons. The number of hydrogen-bond donors (Lipinski definition) is 1. The van der Waals surface area contributed by atoms with Gasteiger partial charge in [0.15, 0.2) is 0 Å². The second-order valence-corrected chi connectivity index (χ2v) is 6.21. The molecule has 0 spiro atoms. The Bertz CT molecular complexity index is 611. The number of benzene rings is 1. The van der Waals surface area contributed by atoms with E-state index in [-0.39, 0.29) is 0 Å². The van der Waals surface area contributed by atoms with Gasteiger partial charge in [-0.05, 0) is 51.1 Å². The topological polar surface area (TPSA) is 47.1 Å². The van der Waals surface area contributed by atoms with Gasteiger partial charge >= 0.3 is 0 Å². The predicted molar refractivity (Wildman–Crippen MR) is 88.5 cm³/mol. The molecule has 0 aliphatic carbocycles. The maximum Gasteiger partial charge on any atom is 0.109 e. The van der Waals surface area contributed by atoms with E-state index in [1.54, 1.807) is 0 Å². The van der Waals surface area contributed by atoms with Gasteiger partial charge in [0, 0.05) is 24.7 Å². The van der Waals surface area contributed by atoms with Crippen LogP contribution >= 0.6 is 0 Å². The first kappa shape index (κ1) is 14.4. The summed E-state index contributed by atoms with van der Waals surface area (Å²) in [7, 11) is 0. The number of likely N-dealkylation sites (tertiary alicyclic amines) is 1. The molecule has 3 rings (SSSR count). The molecule has 1 saturated heterocycles. The van der Waals surface area contributed by atoms with Crippen LogP contribution in [0.1, 0.15) is 45.0 Å². The van der Waals surface area contributed by atoms with E-state index in [0.29, 0.717) is 6.04 Å². The van der Waals surface area contributed by atoms with Crippen LogP contribution in [-0.4, -0.2) is 34.1 Å². The van der Waals surface area contributed by atoms with Gasteiger partial charge in [-0.25, -0.2) is 4.98 Å². The Kier molecular flexibility index (Phi) is 4.15. The van der Waals surface area contributed by atoms with Gasteiger partial charge in [-0.3, -0.25) is 0 Å². The summed E-state index contributed by atoms with van der Waals surface area (Å²) in [5, 5.41) is 0. The van der Waals surface area contributed by atoms with Crippen molar-refractivity contribution in [2.75, 3.05) is 25.4 Å². The van der Waals surface area contributed by atoms with Crippen molar-refractivity contribution in [2.45, 2.75) is 45.6 Å². The molecule has 1 atom stereocenters. The Balaban J connectivity index is 1.90. The van der Waals surface area contributed by atoms with Crippen LogP contribution in [0.3, 0.4) is 0 Å². The SMILES string of the molecule is CCc1nc2cc(N)ccc2n1C(C)CN1CCCCC1. The molecule has 4 heteroatoms. The number of nitrogens with two attached hydrogens (primary N) is 1. The summed E-state index contributed by atoms with van der Waals surface area (Å²) in [4.78, 5) is 7.36. The number of nitrogen functional groups attached to an aromatic ring is 1. The van der Waals surface area contributed by atoms with Crippen molar-refractivity contribution in [2.24, 2.45) is 0 Å². The first-order chi connectivity index (χ1) is 10.2. The third-order valence-electron chi connectivity index (χ3n) is 4.51. The maximum atomic E-state index is 5.89. The quantitative estimate of drug-likeness (QED) is 0.878. The molecule has 0 saturated carbocycles. The Hall–Kier alpha value is -1.55. The second kappa shape index (κ2) is 6.06. The first-order valence-electron chi connectivity index (χ1n) is 8.17. The van der Waals surface area contributed by atoms with E-state index in [1.165, 1.54) is 43.7 Å². The summed E-state index contributed by atoms with van der Waals surface area (Å²) in [6.45, 7) is 8.08. The minimum Gasteiger partial charge on any atom is -0.399 e. The molecule has 21 heavy (non-hydrogen) atoms. The molecule has 1 aromatic heterocycles. The normalized spacial score (nSPS) is 18.2. The van der Waals surface area contributed by atoms with E-state index in [2.05, 4.69) is 29.4 Å². The Morgan fingerprint density at radius 1 is 1.24 bits per heavy atom. The lowest BCUT2D eigenvalue weighted by molar-refractivity contribution is 0.202. The highest BCUT2D eigenvalue weighted by atomic mass is 15.2. The van der Waals surface area contributed by atoms with Crippen LogP contribution in [0.5, 0.6) is 0 Å². The number of hydrogen-bond acceptors (Lipinski definition) is 3. The van der Waals surface area contributed by atoms with Crippen LogP contribution in [0.25, 0.3) is 11.0 Å². The lowest BCUT2D eigenvalue weighted by Crippen LogP contribution is -2.34. The van der Waals surface area contributed by atoms with E-state index in [0.717, 1.165) is 24.2 Å². The number of aromatic nitrogens is 2. The molecule has 114 valence electrons. The van der Waals surface area contributed by atoms with Gasteiger partial charge < -0.3 is 15.2 Å². The number of anilines is 1. The number of piperidine rings is 1. The predicted octanol–water partition coefficient (Wildman–Crippen LogP) is 3.23. The van der Waals surface area contributed by atoms with Crippen LogP contribution in [0.4, 0.5) is 5.69 Å². The summed E-state index contributed by atoms with van der Waals surface area (Å²) in [5.74, 6) is 1.17. The summed E-state index contributed by atoms with van der Waals surface area (Å²) in [6.07, 6.45) is 5.03. The molecular formula is C17H26N4. The molecule has 1 aliphatic heterocycles. The average Bonchev–Trinajstić information content (AvgIpc) is 2.85. The molecule has 0 amide bonds. The highest BCUT2D eigenvalue weighted by Gasteiger charge is 2.19. The van der Waals surface area contributed by atoms with Gasteiger partial charge in [0.2, 0.25) is 0 Å². The molecule has 1 aliphatic rings. The van der Waals surface area contributed by atoms with Crippen molar-refractivity contribution in [3.63, 3.8) is 0 Å². The Morgan fingerprint density at radius 2 is 2.00 bits per heavy atom. The Morgan fingerprint density at radius 3 is 2.71 bits per heavy atom. The van der Waals surface area contributed by atoms with E-state index < -0.39 is 0 Å². The van der Waals surface area contributed by atoms with Gasteiger partial charge in [0.25, 0.3) is 0 Å². The molecule has 1 fully saturated rings. The molecule has 0 bridgehead atoms. The fourth-order valence-corrected chi connectivity index (χ4v) is 3.50. The van der Waals surface area contributed by atoms with Crippen molar-refractivity contribution in [1.82, 2.24) is 14.5 Å². The molecule has 1 aromatic carbocycles. The standard InChI is InChI=1S/C17H26N4/c1-3-17-19-15-11-14(18)7-8-16(15)21(17)13(2)12-20-9-5-4-6-10-20/h7-8,11,13H,3-6,9-10,12,18H2,1-2H3. The third-order valence-corrected chi connectivity index (χ3v) is 4.51. The number of fused-ring (bicyclic) bond motifs is 1. The average molecular weight is 286 g/mol. The molecular weight excluding hydrogens is 260 g/mol. The van der Waals surface area contributed by atoms with Crippen LogP contribution < -0.4 is 5.73 Å². The second-order valence-electron chi connectivity index (χ2n) is 6.21. The number of nitrogens with zero attached hydrogens (tertiary/aromatic N) is 3. The summed E-state index contributed by atoms with van der Waals surface area (Å²) >= 11 is 0. The van der Waals surface area contributed by atoms with Crippen molar-refractivity contribution >= 4 is 16.7 Å². The van der Waals surface area contributed by atoms with Gasteiger partial charge in [-0.15, -0.1) is 0 Å². The smallest absolute Gasteiger partial charge is 0.109 e. The number of aryl methyl sites for hydroxylation is 1. The third kappa shape index (κ3) is 2.91. The molecule has 4 nitrogen and oxygen atoms in total. The van der Waals surface area contributed by atoms with Crippen molar-refractivity contribution < 1.29 is 0 Å². The largest absolute Gasteiger partial charge is 0.399 e. The minimum atomic E-state index is 0.451. The molecule has 2 heterocycles. The van der Waals surface area contributed by atoms with Crippen molar-refractivity contribution in [3.8, 4) is 0 Å². The van der Waals surface area contributed by atoms with Crippen LogP contribution in [0, 0.1) is 0 Å². The zero-order chi connectivity index (χ0) is 14.8. The first-order valence-corrected chi connectivity index (χ1v) is 8.17. The van der Waals surface area contributed by atoms with E-state index in [4.69, 9.17) is 10.7 Å². The molecule has 1 unspecified atom stereocenters. The highest BCUT2D eigenvalue weighted by molar-refractivity contribution is 5.79. The van der Waals surface area contributed by atoms with Gasteiger partial charge in [0.1, 0.15) is 5.82 Å². The van der Waals surface area contributed by atoms with Crippen molar-refractivity contribution in [3.05, 3.63) is 24.0 Å². The van der Waals surface area contributed by atoms with Crippen LogP contribution in [0.15, 0.2) is 18.2 Å². The van der Waals surface area contributed by atoms with Crippen LogP contribution in [-0.2, 0) is 6.42 Å². The van der Waals surface area contributed by atoms with Crippen molar-refractivity contribution in [1.29, 1.82) is 0 Å². The fourth-order valence-electron chi connectivity index (χ4n) is 3.50. The van der Waals surface area contributed by atoms with E-state index in [1.807, 2.05) is 12.1 Å². The fraction of sp³-hybridized carbons (Fsp3) is 0.588. The zero-order valence-corrected chi connectivity index (χ0v) is 13.2. The number of imidazole rings is 1. The summed E-state index contributed by atoms with van der Waals surface area (Å²) in [5.41, 5.74) is 8.92. The monoisotopic (exact) mass is 286 g/mol. The number of rotatable bonds is 4. The van der Waals surface area contributed by atoms with Gasteiger partial charge in [0.05, 0.1) is 11.0 Å². The molecule has 2 aromatic rings. The lowest BCUT2D eigenvalue weighted by Gasteiger charge is -2.30. The van der Waals surface area contributed by atoms with Gasteiger partial charge in [-0.1, -0.05) is 13.3 Å². The highest BCUT2D eigenvalue weighted by Crippen LogP contribution is 2.24. The van der Waals surface area contributed by atoms with E-state index >= 15 is 0 Å². The maximum absolute atomic E-state index is 5.89. The van der Waals surface area contributed by atoms with Crippen LogP contribution in [0.2, 0.25) is 0 Å². The lowest BCUT2D eigenvalue weighted by atomic mass is 10.1. The summed E-state index contributed by atoms with van der Waals surface area (Å²) < 4.78 is 2.41. The minimum absolute atomic E-state index is 0.451. The van der Waals surface area contributed by atoms with Gasteiger partial charge in [-0.2, -0.15) is 0 Å².